The van der Waals surface area contributed by atoms with E-state index < -0.39 is 0 Å². The first-order chi connectivity index (χ1) is 7.81. The fraction of sp³-hybridized carbons (Fsp3) is 0.364. The van der Waals surface area contributed by atoms with Crippen LogP contribution in [0.3, 0.4) is 0 Å². The molecule has 0 saturated carbocycles. The normalized spacial score (nSPS) is 9.56. The zero-order chi connectivity index (χ0) is 11.8. The third-order valence-corrected chi connectivity index (χ3v) is 2.47. The van der Waals surface area contributed by atoms with Crippen LogP contribution < -0.4 is 9.47 Å². The molecule has 0 radical (unpaired) electrons. The molecular weight excluding hydrogens is 226 g/mol. The minimum Gasteiger partial charge on any atom is -0.493 e. The molecule has 0 unspecified atom stereocenters. The van der Waals surface area contributed by atoms with E-state index in [0.717, 1.165) is 5.56 Å². The molecule has 0 aliphatic heterocycles. The molecule has 0 saturated heterocycles. The number of thiocyanates is 1. The summed E-state index contributed by atoms with van der Waals surface area (Å²) in [6.07, 6.45) is 0. The number of rotatable bonds is 6. The van der Waals surface area contributed by atoms with Crippen molar-refractivity contribution in [3.63, 3.8) is 0 Å². The first kappa shape index (κ1) is 12.7. The standard InChI is InChI=1S/C11H13NO3S/c1-13-8-15-10-4-3-9(6-16-7-12)5-11(10)14-2/h3-5H,6,8H2,1-2H3. The number of ether oxygens (including phenoxy) is 3. The predicted molar refractivity (Wildman–Crippen MR) is 62.4 cm³/mol. The fourth-order valence-electron chi connectivity index (χ4n) is 1.16. The van der Waals surface area contributed by atoms with Gasteiger partial charge in [-0.2, -0.15) is 5.26 Å². The van der Waals surface area contributed by atoms with Crippen molar-refractivity contribution in [3.8, 4) is 16.9 Å². The second kappa shape index (κ2) is 6.99. The Balaban J connectivity index is 2.76. The highest BCUT2D eigenvalue weighted by Gasteiger charge is 2.05. The lowest BCUT2D eigenvalue weighted by atomic mass is 10.2. The van der Waals surface area contributed by atoms with Gasteiger partial charge in [0.05, 0.1) is 7.11 Å². The van der Waals surface area contributed by atoms with E-state index in [4.69, 9.17) is 19.5 Å². The Morgan fingerprint density at radius 2 is 2.12 bits per heavy atom. The average molecular weight is 239 g/mol. The van der Waals surface area contributed by atoms with E-state index in [2.05, 4.69) is 0 Å². The van der Waals surface area contributed by atoms with Gasteiger partial charge in [0, 0.05) is 12.9 Å². The van der Waals surface area contributed by atoms with Gasteiger partial charge in [0.25, 0.3) is 0 Å². The summed E-state index contributed by atoms with van der Waals surface area (Å²) < 4.78 is 15.3. The highest BCUT2D eigenvalue weighted by molar-refractivity contribution is 8.02. The molecule has 1 rings (SSSR count). The summed E-state index contributed by atoms with van der Waals surface area (Å²) in [5, 5.41) is 10.5. The summed E-state index contributed by atoms with van der Waals surface area (Å²) >= 11 is 1.19. The highest BCUT2D eigenvalue weighted by Crippen LogP contribution is 2.29. The Morgan fingerprint density at radius 3 is 2.75 bits per heavy atom. The summed E-state index contributed by atoms with van der Waals surface area (Å²) in [5.41, 5.74) is 1.02. The third-order valence-electron chi connectivity index (χ3n) is 1.86. The monoisotopic (exact) mass is 239 g/mol. The zero-order valence-corrected chi connectivity index (χ0v) is 10.0. The molecule has 0 bridgehead atoms. The summed E-state index contributed by atoms with van der Waals surface area (Å²) in [4.78, 5) is 0. The van der Waals surface area contributed by atoms with Gasteiger partial charge in [-0.3, -0.25) is 0 Å². The quantitative estimate of drug-likeness (QED) is 0.563. The summed E-state index contributed by atoms with van der Waals surface area (Å²) in [7, 11) is 3.14. The third kappa shape index (κ3) is 3.65. The molecule has 0 heterocycles. The first-order valence-electron chi connectivity index (χ1n) is 4.61. The second-order valence-corrected chi connectivity index (χ2v) is 3.68. The molecule has 0 atom stereocenters. The molecule has 1 aromatic rings. The number of nitriles is 1. The topological polar surface area (TPSA) is 51.5 Å². The molecule has 16 heavy (non-hydrogen) atoms. The van der Waals surface area contributed by atoms with Crippen LogP contribution in [0.25, 0.3) is 0 Å². The molecule has 4 nitrogen and oxygen atoms in total. The van der Waals surface area contributed by atoms with Gasteiger partial charge in [-0.05, 0) is 29.5 Å². The summed E-state index contributed by atoms with van der Waals surface area (Å²) in [6, 6.07) is 5.57. The van der Waals surface area contributed by atoms with Crippen molar-refractivity contribution in [3.05, 3.63) is 23.8 Å². The lowest BCUT2D eigenvalue weighted by Gasteiger charge is -2.10. The van der Waals surface area contributed by atoms with E-state index in [9.17, 15) is 0 Å². The van der Waals surface area contributed by atoms with Crippen molar-refractivity contribution in [2.45, 2.75) is 5.75 Å². The van der Waals surface area contributed by atoms with Crippen LogP contribution >= 0.6 is 11.8 Å². The average Bonchev–Trinajstić information content (AvgIpc) is 2.34. The molecule has 5 heteroatoms. The maximum Gasteiger partial charge on any atom is 0.188 e. The second-order valence-electron chi connectivity index (χ2n) is 2.92. The van der Waals surface area contributed by atoms with E-state index in [0.29, 0.717) is 17.3 Å². The fourth-order valence-corrected chi connectivity index (χ4v) is 1.57. The van der Waals surface area contributed by atoms with Crippen LogP contribution in [0.15, 0.2) is 18.2 Å². The maximum absolute atomic E-state index is 8.47. The van der Waals surface area contributed by atoms with Crippen molar-refractivity contribution in [2.75, 3.05) is 21.0 Å². The van der Waals surface area contributed by atoms with Gasteiger partial charge in [-0.15, -0.1) is 0 Å². The van der Waals surface area contributed by atoms with Crippen LogP contribution in [0.4, 0.5) is 0 Å². The largest absolute Gasteiger partial charge is 0.493 e. The number of thioether (sulfide) groups is 1. The summed E-state index contributed by atoms with van der Waals surface area (Å²) in [5.74, 6) is 1.92. The van der Waals surface area contributed by atoms with Crippen molar-refractivity contribution in [1.82, 2.24) is 0 Å². The molecule has 86 valence electrons. The predicted octanol–water partition coefficient (Wildman–Crippen LogP) is 2.39. The van der Waals surface area contributed by atoms with Gasteiger partial charge in [0.15, 0.2) is 18.3 Å². The molecule has 0 spiro atoms. The molecule has 0 aliphatic rings. The van der Waals surface area contributed by atoms with Crippen molar-refractivity contribution in [2.24, 2.45) is 0 Å². The van der Waals surface area contributed by atoms with E-state index >= 15 is 0 Å². The Bertz CT molecular complexity index is 376. The van der Waals surface area contributed by atoms with Crippen LogP contribution in [0.5, 0.6) is 11.5 Å². The Morgan fingerprint density at radius 1 is 1.31 bits per heavy atom. The lowest BCUT2D eigenvalue weighted by molar-refractivity contribution is 0.0491. The van der Waals surface area contributed by atoms with Crippen LogP contribution in [0, 0.1) is 10.7 Å². The molecule has 0 N–H and O–H groups in total. The number of hydrogen-bond donors (Lipinski definition) is 0. The molecule has 0 fully saturated rings. The SMILES string of the molecule is COCOc1ccc(CSC#N)cc1OC. The number of hydrogen-bond acceptors (Lipinski definition) is 5. The molecule has 0 aromatic heterocycles. The smallest absolute Gasteiger partial charge is 0.188 e. The molecule has 0 aliphatic carbocycles. The van der Waals surface area contributed by atoms with Crippen LogP contribution in [-0.4, -0.2) is 21.0 Å². The zero-order valence-electron chi connectivity index (χ0n) is 9.23. The van der Waals surface area contributed by atoms with Crippen molar-refractivity contribution in [1.29, 1.82) is 5.26 Å². The van der Waals surface area contributed by atoms with Gasteiger partial charge in [-0.1, -0.05) is 6.07 Å². The van der Waals surface area contributed by atoms with Gasteiger partial charge in [0.1, 0.15) is 5.40 Å². The summed E-state index contributed by atoms with van der Waals surface area (Å²) in [6.45, 7) is 0.183. The van der Waals surface area contributed by atoms with E-state index in [1.54, 1.807) is 14.2 Å². The van der Waals surface area contributed by atoms with Crippen LogP contribution in [0.1, 0.15) is 5.56 Å². The lowest BCUT2D eigenvalue weighted by Crippen LogP contribution is -2.01. The van der Waals surface area contributed by atoms with Gasteiger partial charge in [-0.25, -0.2) is 0 Å². The Kier molecular flexibility index (Phi) is 5.54. The number of benzene rings is 1. The van der Waals surface area contributed by atoms with Crippen molar-refractivity contribution >= 4 is 11.8 Å². The minimum atomic E-state index is 0.183. The van der Waals surface area contributed by atoms with Crippen molar-refractivity contribution < 1.29 is 14.2 Å². The number of methoxy groups -OCH3 is 2. The van der Waals surface area contributed by atoms with Gasteiger partial charge >= 0.3 is 0 Å². The minimum absolute atomic E-state index is 0.183. The van der Waals surface area contributed by atoms with Gasteiger partial charge in [0.2, 0.25) is 0 Å². The Hall–Kier alpha value is -1.38. The maximum atomic E-state index is 8.47. The first-order valence-corrected chi connectivity index (χ1v) is 5.60. The van der Waals surface area contributed by atoms with Crippen LogP contribution in [0.2, 0.25) is 0 Å². The number of nitrogens with zero attached hydrogens (tertiary/aromatic N) is 1. The van der Waals surface area contributed by atoms with E-state index in [1.807, 2.05) is 23.6 Å². The molecule has 1 aromatic carbocycles. The van der Waals surface area contributed by atoms with E-state index in [1.165, 1.54) is 11.8 Å². The Labute approximate surface area is 99.1 Å². The van der Waals surface area contributed by atoms with E-state index in [-0.39, 0.29) is 6.79 Å². The van der Waals surface area contributed by atoms with Crippen LogP contribution in [-0.2, 0) is 10.5 Å². The highest BCUT2D eigenvalue weighted by atomic mass is 32.2. The molecular formula is C11H13NO3S. The molecule has 0 amide bonds. The van der Waals surface area contributed by atoms with Gasteiger partial charge < -0.3 is 14.2 Å².